The SMILES string of the molecule is CCCCCCCCC/C=C\CCCCCCCCCCOCC(COC1OC(CO)C(O)C(O)C1O)OC(=O)CCCCC. The fourth-order valence-corrected chi connectivity index (χ4v) is 5.48. The molecule has 1 aliphatic rings. The van der Waals surface area contributed by atoms with E-state index in [-0.39, 0.29) is 19.2 Å². The van der Waals surface area contributed by atoms with Gasteiger partial charge in [0.1, 0.15) is 30.5 Å². The first kappa shape index (κ1) is 42.0. The molecule has 9 nitrogen and oxygen atoms in total. The summed E-state index contributed by atoms with van der Waals surface area (Å²) in [7, 11) is 0. The summed E-state index contributed by atoms with van der Waals surface area (Å²) in [6.45, 7) is 4.37. The zero-order chi connectivity index (χ0) is 33.0. The maximum atomic E-state index is 12.3. The maximum Gasteiger partial charge on any atom is 0.306 e. The second kappa shape index (κ2) is 29.1. The van der Waals surface area contributed by atoms with Gasteiger partial charge >= 0.3 is 5.97 Å². The number of allylic oxidation sites excluding steroid dienone is 2. The van der Waals surface area contributed by atoms with Crippen molar-refractivity contribution in [2.45, 2.75) is 185 Å². The fraction of sp³-hybridized carbons (Fsp3) is 0.917. The van der Waals surface area contributed by atoms with Crippen LogP contribution in [0.4, 0.5) is 0 Å². The molecule has 0 aliphatic carbocycles. The number of unbranched alkanes of at least 4 members (excludes halogenated alkanes) is 17. The lowest BCUT2D eigenvalue weighted by Gasteiger charge is -2.39. The molecule has 6 unspecified atom stereocenters. The third-order valence-electron chi connectivity index (χ3n) is 8.43. The van der Waals surface area contributed by atoms with Gasteiger partial charge in [-0.05, 0) is 38.5 Å². The molecule has 0 radical (unpaired) electrons. The van der Waals surface area contributed by atoms with Crippen molar-refractivity contribution in [2.75, 3.05) is 26.4 Å². The Kier molecular flexibility index (Phi) is 27.1. The summed E-state index contributed by atoms with van der Waals surface area (Å²) in [6.07, 6.45) is 21.8. The molecule has 4 N–H and O–H groups in total. The summed E-state index contributed by atoms with van der Waals surface area (Å²) in [6, 6.07) is 0. The normalized spacial score (nSPS) is 22.7. The molecule has 266 valence electrons. The maximum absolute atomic E-state index is 12.3. The number of esters is 1. The van der Waals surface area contributed by atoms with E-state index in [2.05, 4.69) is 26.0 Å². The molecule has 0 bridgehead atoms. The molecule has 0 amide bonds. The van der Waals surface area contributed by atoms with Crippen LogP contribution in [-0.2, 0) is 23.7 Å². The standard InChI is InChI=1S/C36H68O9/c1-3-5-7-8-9-10-11-12-13-14-15-16-17-18-19-20-21-22-24-26-42-28-30(44-32(38)25-23-6-4-2)29-43-36-35(41)34(40)33(39)31(27-37)45-36/h13-14,30-31,33-37,39-41H,3-12,15-29H2,1-2H3/b14-13-. The molecule has 0 aromatic carbocycles. The van der Waals surface area contributed by atoms with Gasteiger partial charge in [0.25, 0.3) is 0 Å². The Hall–Kier alpha value is -1.07. The molecule has 0 aromatic rings. The third-order valence-corrected chi connectivity index (χ3v) is 8.43. The quantitative estimate of drug-likeness (QED) is 0.0392. The molecular weight excluding hydrogens is 576 g/mol. The third kappa shape index (κ3) is 21.4. The van der Waals surface area contributed by atoms with Crippen molar-refractivity contribution in [3.05, 3.63) is 12.2 Å². The molecule has 1 aliphatic heterocycles. The molecule has 0 aromatic heterocycles. The summed E-state index contributed by atoms with van der Waals surface area (Å²) in [5.41, 5.74) is 0. The molecule has 9 heteroatoms. The van der Waals surface area contributed by atoms with E-state index in [4.69, 9.17) is 18.9 Å². The van der Waals surface area contributed by atoms with Crippen LogP contribution < -0.4 is 0 Å². The summed E-state index contributed by atoms with van der Waals surface area (Å²) in [5, 5.41) is 39.6. The van der Waals surface area contributed by atoms with Gasteiger partial charge < -0.3 is 39.4 Å². The molecule has 1 rings (SSSR count). The van der Waals surface area contributed by atoms with Crippen LogP contribution in [0.15, 0.2) is 12.2 Å². The molecule has 6 atom stereocenters. The highest BCUT2D eigenvalue weighted by molar-refractivity contribution is 5.69. The van der Waals surface area contributed by atoms with Crippen molar-refractivity contribution < 1.29 is 44.2 Å². The minimum atomic E-state index is -1.53. The summed E-state index contributed by atoms with van der Waals surface area (Å²) in [5.74, 6) is -0.339. The Bertz CT molecular complexity index is 702. The number of aliphatic hydroxyl groups excluding tert-OH is 4. The van der Waals surface area contributed by atoms with Gasteiger partial charge in [0.2, 0.25) is 0 Å². The van der Waals surface area contributed by atoms with E-state index in [0.717, 1.165) is 32.1 Å². The van der Waals surface area contributed by atoms with Crippen LogP contribution in [0.3, 0.4) is 0 Å². The van der Waals surface area contributed by atoms with Gasteiger partial charge in [-0.1, -0.05) is 116 Å². The van der Waals surface area contributed by atoms with Crippen LogP contribution in [-0.4, -0.2) is 89.6 Å². The first-order chi connectivity index (χ1) is 21.9. The smallest absolute Gasteiger partial charge is 0.306 e. The van der Waals surface area contributed by atoms with Gasteiger partial charge in [0.05, 0.1) is 19.8 Å². The van der Waals surface area contributed by atoms with E-state index < -0.39 is 43.4 Å². The van der Waals surface area contributed by atoms with Crippen molar-refractivity contribution in [3.8, 4) is 0 Å². The Morgan fingerprint density at radius 3 is 1.80 bits per heavy atom. The number of aliphatic hydroxyl groups is 4. The van der Waals surface area contributed by atoms with Crippen molar-refractivity contribution >= 4 is 5.97 Å². The van der Waals surface area contributed by atoms with E-state index in [0.29, 0.717) is 13.0 Å². The van der Waals surface area contributed by atoms with Crippen LogP contribution >= 0.6 is 0 Å². The number of hydrogen-bond acceptors (Lipinski definition) is 9. The number of carbonyl (C=O) groups is 1. The number of ether oxygens (including phenoxy) is 4. The number of hydrogen-bond donors (Lipinski definition) is 4. The molecular formula is C36H68O9. The minimum absolute atomic E-state index is 0.114. The minimum Gasteiger partial charge on any atom is -0.457 e. The van der Waals surface area contributed by atoms with E-state index in [1.165, 1.54) is 96.3 Å². The van der Waals surface area contributed by atoms with Crippen molar-refractivity contribution in [3.63, 3.8) is 0 Å². The lowest BCUT2D eigenvalue weighted by Crippen LogP contribution is -2.59. The molecule has 0 saturated carbocycles. The summed E-state index contributed by atoms with van der Waals surface area (Å²) >= 11 is 0. The van der Waals surface area contributed by atoms with Gasteiger partial charge in [-0.15, -0.1) is 0 Å². The van der Waals surface area contributed by atoms with Crippen LogP contribution in [0.1, 0.15) is 149 Å². The Balaban J connectivity index is 2.15. The number of rotatable bonds is 30. The van der Waals surface area contributed by atoms with Crippen LogP contribution in [0.5, 0.6) is 0 Å². The van der Waals surface area contributed by atoms with Crippen molar-refractivity contribution in [1.29, 1.82) is 0 Å². The van der Waals surface area contributed by atoms with Gasteiger partial charge in [-0.3, -0.25) is 4.79 Å². The van der Waals surface area contributed by atoms with E-state index in [1.807, 2.05) is 0 Å². The lowest BCUT2D eigenvalue weighted by atomic mass is 9.99. The van der Waals surface area contributed by atoms with Gasteiger partial charge in [0, 0.05) is 13.0 Å². The average molecular weight is 645 g/mol. The highest BCUT2D eigenvalue weighted by atomic mass is 16.7. The molecule has 1 fully saturated rings. The largest absolute Gasteiger partial charge is 0.457 e. The average Bonchev–Trinajstić information content (AvgIpc) is 3.04. The monoisotopic (exact) mass is 644 g/mol. The van der Waals surface area contributed by atoms with E-state index in [9.17, 15) is 25.2 Å². The van der Waals surface area contributed by atoms with E-state index in [1.54, 1.807) is 0 Å². The highest BCUT2D eigenvalue weighted by Gasteiger charge is 2.44. The molecule has 0 spiro atoms. The Labute approximate surface area is 274 Å². The van der Waals surface area contributed by atoms with Gasteiger partial charge in [0.15, 0.2) is 6.29 Å². The van der Waals surface area contributed by atoms with Crippen molar-refractivity contribution in [1.82, 2.24) is 0 Å². The van der Waals surface area contributed by atoms with Gasteiger partial charge in [-0.25, -0.2) is 0 Å². The molecule has 45 heavy (non-hydrogen) atoms. The van der Waals surface area contributed by atoms with Gasteiger partial charge in [-0.2, -0.15) is 0 Å². The second-order valence-corrected chi connectivity index (χ2v) is 12.7. The fourth-order valence-electron chi connectivity index (χ4n) is 5.48. The Morgan fingerprint density at radius 2 is 1.22 bits per heavy atom. The van der Waals surface area contributed by atoms with Crippen LogP contribution in [0.2, 0.25) is 0 Å². The predicted octanol–water partition coefficient (Wildman–Crippen LogP) is 6.52. The first-order valence-electron chi connectivity index (χ1n) is 18.3. The Morgan fingerprint density at radius 1 is 0.689 bits per heavy atom. The molecule has 1 saturated heterocycles. The summed E-state index contributed by atoms with van der Waals surface area (Å²) in [4.78, 5) is 12.3. The number of carbonyl (C=O) groups excluding carboxylic acids is 1. The first-order valence-corrected chi connectivity index (χ1v) is 18.3. The van der Waals surface area contributed by atoms with Crippen LogP contribution in [0.25, 0.3) is 0 Å². The highest BCUT2D eigenvalue weighted by Crippen LogP contribution is 2.22. The zero-order valence-electron chi connectivity index (χ0n) is 28.6. The van der Waals surface area contributed by atoms with E-state index >= 15 is 0 Å². The van der Waals surface area contributed by atoms with Crippen LogP contribution in [0, 0.1) is 0 Å². The predicted molar refractivity (Wildman–Crippen MR) is 178 cm³/mol. The second-order valence-electron chi connectivity index (χ2n) is 12.7. The van der Waals surface area contributed by atoms with Crippen molar-refractivity contribution in [2.24, 2.45) is 0 Å². The zero-order valence-corrected chi connectivity index (χ0v) is 28.6. The summed E-state index contributed by atoms with van der Waals surface area (Å²) < 4.78 is 22.4. The molecule has 1 heterocycles. The lowest BCUT2D eigenvalue weighted by molar-refractivity contribution is -0.305. The topological polar surface area (TPSA) is 135 Å².